The second kappa shape index (κ2) is 7.87. The highest BCUT2D eigenvalue weighted by Crippen LogP contribution is 2.19. The molecule has 134 valence electrons. The second-order valence-electron chi connectivity index (χ2n) is 6.39. The van der Waals surface area contributed by atoms with Crippen LogP contribution in [0, 0.1) is 13.8 Å². The van der Waals surface area contributed by atoms with Gasteiger partial charge >= 0.3 is 5.97 Å². The van der Waals surface area contributed by atoms with E-state index < -0.39 is 0 Å². The van der Waals surface area contributed by atoms with Crippen molar-refractivity contribution in [3.63, 3.8) is 0 Å². The zero-order valence-corrected chi connectivity index (χ0v) is 15.0. The van der Waals surface area contributed by atoms with Crippen LogP contribution in [-0.2, 0) is 20.7 Å². The Balaban J connectivity index is 1.48. The van der Waals surface area contributed by atoms with E-state index in [0.717, 1.165) is 33.3 Å². The summed E-state index contributed by atoms with van der Waals surface area (Å²) in [5.74, 6) is -0.717. The average molecular weight is 350 g/mol. The van der Waals surface area contributed by atoms with Crippen LogP contribution in [0.25, 0.3) is 10.9 Å². The van der Waals surface area contributed by atoms with E-state index in [9.17, 15) is 9.59 Å². The van der Waals surface area contributed by atoms with E-state index in [4.69, 9.17) is 4.74 Å². The molecule has 0 aliphatic heterocycles. The lowest BCUT2D eigenvalue weighted by atomic mass is 10.1. The van der Waals surface area contributed by atoms with E-state index in [-0.39, 0.29) is 24.9 Å². The Bertz CT molecular complexity index is 943. The van der Waals surface area contributed by atoms with Gasteiger partial charge in [-0.2, -0.15) is 0 Å². The number of aryl methyl sites for hydroxylation is 3. The van der Waals surface area contributed by atoms with Crippen LogP contribution in [0.15, 0.2) is 48.7 Å². The lowest BCUT2D eigenvalue weighted by Crippen LogP contribution is -2.21. The maximum atomic E-state index is 12.0. The van der Waals surface area contributed by atoms with E-state index in [0.29, 0.717) is 6.42 Å². The van der Waals surface area contributed by atoms with Gasteiger partial charge in [-0.25, -0.2) is 0 Å². The maximum absolute atomic E-state index is 12.0. The standard InChI is InChI=1S/C21H22N2O3/c1-14-7-8-15(2)19(11-14)23-20(24)13-26-21(25)10-9-16-12-22-18-6-4-3-5-17(16)18/h3-8,11-12,22H,9-10,13H2,1-2H3,(H,23,24). The number of hydrogen-bond acceptors (Lipinski definition) is 3. The van der Waals surface area contributed by atoms with Gasteiger partial charge in [-0.1, -0.05) is 30.3 Å². The largest absolute Gasteiger partial charge is 0.456 e. The predicted molar refractivity (Wildman–Crippen MR) is 102 cm³/mol. The summed E-state index contributed by atoms with van der Waals surface area (Å²) < 4.78 is 5.10. The molecule has 0 spiro atoms. The molecule has 5 heteroatoms. The number of carbonyl (C=O) groups is 2. The van der Waals surface area contributed by atoms with Gasteiger partial charge in [0.05, 0.1) is 0 Å². The number of ether oxygens (including phenoxy) is 1. The Kier molecular flexibility index (Phi) is 5.37. The number of esters is 1. The van der Waals surface area contributed by atoms with E-state index in [1.54, 1.807) is 0 Å². The zero-order chi connectivity index (χ0) is 18.5. The molecule has 1 amide bonds. The monoisotopic (exact) mass is 350 g/mol. The number of anilines is 1. The van der Waals surface area contributed by atoms with Gasteiger partial charge in [0.1, 0.15) is 0 Å². The highest BCUT2D eigenvalue weighted by atomic mass is 16.5. The number of nitrogens with one attached hydrogen (secondary N) is 2. The van der Waals surface area contributed by atoms with Gasteiger partial charge in [0, 0.05) is 29.2 Å². The normalized spacial score (nSPS) is 10.7. The van der Waals surface area contributed by atoms with Crippen LogP contribution in [0.4, 0.5) is 5.69 Å². The van der Waals surface area contributed by atoms with Crippen LogP contribution in [-0.4, -0.2) is 23.5 Å². The summed E-state index contributed by atoms with van der Waals surface area (Å²) in [7, 11) is 0. The Morgan fingerprint density at radius 3 is 2.77 bits per heavy atom. The fraction of sp³-hybridized carbons (Fsp3) is 0.238. The molecule has 1 aromatic heterocycles. The van der Waals surface area contributed by atoms with E-state index in [1.165, 1.54) is 0 Å². The molecule has 26 heavy (non-hydrogen) atoms. The summed E-state index contributed by atoms with van der Waals surface area (Å²) in [5.41, 5.74) is 4.88. The van der Waals surface area contributed by atoms with Gasteiger partial charge in [-0.15, -0.1) is 0 Å². The molecule has 5 nitrogen and oxygen atoms in total. The minimum atomic E-state index is -0.383. The fourth-order valence-corrected chi connectivity index (χ4v) is 2.85. The molecule has 0 saturated heterocycles. The Hall–Kier alpha value is -3.08. The molecule has 3 rings (SSSR count). The van der Waals surface area contributed by atoms with Crippen LogP contribution in [0.2, 0.25) is 0 Å². The van der Waals surface area contributed by atoms with Crippen molar-refractivity contribution in [2.75, 3.05) is 11.9 Å². The summed E-state index contributed by atoms with van der Waals surface area (Å²) in [6.07, 6.45) is 2.71. The predicted octanol–water partition coefficient (Wildman–Crippen LogP) is 3.90. The van der Waals surface area contributed by atoms with E-state index in [2.05, 4.69) is 10.3 Å². The number of rotatable bonds is 6. The second-order valence-corrected chi connectivity index (χ2v) is 6.39. The number of amides is 1. The number of carbonyl (C=O) groups excluding carboxylic acids is 2. The quantitative estimate of drug-likeness (QED) is 0.662. The Morgan fingerprint density at radius 1 is 1.12 bits per heavy atom. The van der Waals surface area contributed by atoms with Crippen LogP contribution in [0.1, 0.15) is 23.1 Å². The topological polar surface area (TPSA) is 71.2 Å². The first-order valence-corrected chi connectivity index (χ1v) is 8.60. The maximum Gasteiger partial charge on any atom is 0.306 e. The molecule has 0 radical (unpaired) electrons. The number of hydrogen-bond donors (Lipinski definition) is 2. The molecule has 2 N–H and O–H groups in total. The highest BCUT2D eigenvalue weighted by Gasteiger charge is 2.11. The number of benzene rings is 2. The molecular formula is C21H22N2O3. The third kappa shape index (κ3) is 4.30. The Labute approximate surface area is 152 Å². The fourth-order valence-electron chi connectivity index (χ4n) is 2.85. The molecule has 0 bridgehead atoms. The summed E-state index contributed by atoms with van der Waals surface area (Å²) in [4.78, 5) is 27.1. The average Bonchev–Trinajstić information content (AvgIpc) is 3.04. The van der Waals surface area contributed by atoms with Crippen molar-refractivity contribution >= 4 is 28.5 Å². The van der Waals surface area contributed by atoms with Crippen molar-refractivity contribution in [2.24, 2.45) is 0 Å². The van der Waals surface area contributed by atoms with Crippen molar-refractivity contribution in [1.82, 2.24) is 4.98 Å². The third-order valence-electron chi connectivity index (χ3n) is 4.30. The van der Waals surface area contributed by atoms with Gasteiger partial charge in [0.15, 0.2) is 6.61 Å². The SMILES string of the molecule is Cc1ccc(C)c(NC(=O)COC(=O)CCc2c[nH]c3ccccc23)c1. The molecule has 3 aromatic rings. The van der Waals surface area contributed by atoms with Crippen molar-refractivity contribution in [3.8, 4) is 0 Å². The third-order valence-corrected chi connectivity index (χ3v) is 4.30. The number of para-hydroxylation sites is 1. The van der Waals surface area contributed by atoms with Crippen LogP contribution in [0.5, 0.6) is 0 Å². The van der Waals surface area contributed by atoms with Crippen molar-refractivity contribution in [3.05, 3.63) is 65.4 Å². The highest BCUT2D eigenvalue weighted by molar-refractivity contribution is 5.93. The van der Waals surface area contributed by atoms with Crippen molar-refractivity contribution < 1.29 is 14.3 Å². The number of fused-ring (bicyclic) bond motifs is 1. The zero-order valence-electron chi connectivity index (χ0n) is 15.0. The summed E-state index contributed by atoms with van der Waals surface area (Å²) in [6, 6.07) is 13.8. The summed E-state index contributed by atoms with van der Waals surface area (Å²) >= 11 is 0. The van der Waals surface area contributed by atoms with Gasteiger partial charge < -0.3 is 15.0 Å². The Morgan fingerprint density at radius 2 is 1.92 bits per heavy atom. The first-order valence-electron chi connectivity index (χ1n) is 8.60. The molecule has 0 atom stereocenters. The number of H-pyrrole nitrogens is 1. The minimum Gasteiger partial charge on any atom is -0.456 e. The molecule has 1 heterocycles. The van der Waals surface area contributed by atoms with Crippen LogP contribution < -0.4 is 5.32 Å². The number of aromatic amines is 1. The molecule has 0 unspecified atom stereocenters. The van der Waals surface area contributed by atoms with Crippen molar-refractivity contribution in [1.29, 1.82) is 0 Å². The molecule has 0 aliphatic carbocycles. The smallest absolute Gasteiger partial charge is 0.306 e. The van der Waals surface area contributed by atoms with Gasteiger partial charge in [0.2, 0.25) is 0 Å². The van der Waals surface area contributed by atoms with Crippen molar-refractivity contribution in [2.45, 2.75) is 26.7 Å². The lowest BCUT2D eigenvalue weighted by molar-refractivity contribution is -0.147. The van der Waals surface area contributed by atoms with Gasteiger partial charge in [-0.3, -0.25) is 9.59 Å². The molecule has 2 aromatic carbocycles. The van der Waals surface area contributed by atoms with E-state index >= 15 is 0 Å². The summed E-state index contributed by atoms with van der Waals surface area (Å²) in [6.45, 7) is 3.60. The van der Waals surface area contributed by atoms with Gasteiger partial charge in [-0.05, 0) is 49.1 Å². The molecule has 0 saturated carbocycles. The van der Waals surface area contributed by atoms with Crippen LogP contribution >= 0.6 is 0 Å². The van der Waals surface area contributed by atoms with Gasteiger partial charge in [0.25, 0.3) is 5.91 Å². The van der Waals surface area contributed by atoms with Crippen LogP contribution in [0.3, 0.4) is 0 Å². The van der Waals surface area contributed by atoms with E-state index in [1.807, 2.05) is 62.5 Å². The molecular weight excluding hydrogens is 328 g/mol. The molecule has 0 fully saturated rings. The molecule has 0 aliphatic rings. The first kappa shape index (κ1) is 17.7. The minimum absolute atomic E-state index is 0.235. The number of aromatic nitrogens is 1. The summed E-state index contributed by atoms with van der Waals surface area (Å²) in [5, 5.41) is 3.88. The lowest BCUT2D eigenvalue weighted by Gasteiger charge is -2.10. The first-order chi connectivity index (χ1) is 12.5.